The average Bonchev–Trinajstić information content (AvgIpc) is 2.68. The molecule has 0 aliphatic carbocycles. The fourth-order valence-corrected chi connectivity index (χ4v) is 2.99. The first-order valence-electron chi connectivity index (χ1n) is 9.63. The normalized spacial score (nSPS) is 10.6. The van der Waals surface area contributed by atoms with E-state index in [1.54, 1.807) is 0 Å². The van der Waals surface area contributed by atoms with Crippen LogP contribution in [-0.2, 0) is 0 Å². The van der Waals surface area contributed by atoms with Crippen molar-refractivity contribution >= 4 is 11.7 Å². The fourth-order valence-electron chi connectivity index (χ4n) is 2.99. The van der Waals surface area contributed by atoms with Crippen molar-refractivity contribution in [3.63, 3.8) is 0 Å². The number of amides is 1. The lowest BCUT2D eigenvalue weighted by molar-refractivity contribution is 0.0749. The summed E-state index contributed by atoms with van der Waals surface area (Å²) in [6, 6.07) is 11.7. The molecule has 0 saturated heterocycles. The lowest BCUT2D eigenvalue weighted by Crippen LogP contribution is -2.33. The molecular weight excluding hydrogens is 324 g/mol. The molecule has 0 unspecified atom stereocenters. The molecule has 1 amide bonds. The maximum atomic E-state index is 13.1. The van der Waals surface area contributed by atoms with E-state index in [1.165, 1.54) is 0 Å². The van der Waals surface area contributed by atoms with E-state index in [0.717, 1.165) is 50.4 Å². The molecule has 0 atom stereocenters. The molecule has 140 valence electrons. The van der Waals surface area contributed by atoms with Crippen molar-refractivity contribution < 1.29 is 4.79 Å². The number of aromatic nitrogens is 2. The third-order valence-corrected chi connectivity index (χ3v) is 4.33. The van der Waals surface area contributed by atoms with Gasteiger partial charge in [0, 0.05) is 37.8 Å². The Hall–Kier alpha value is -2.43. The van der Waals surface area contributed by atoms with E-state index >= 15 is 0 Å². The maximum absolute atomic E-state index is 13.1. The first kappa shape index (κ1) is 19.9. The van der Waals surface area contributed by atoms with Crippen LogP contribution in [0.3, 0.4) is 0 Å². The highest BCUT2D eigenvalue weighted by atomic mass is 16.2. The van der Waals surface area contributed by atoms with E-state index < -0.39 is 0 Å². The zero-order chi connectivity index (χ0) is 18.9. The quantitative estimate of drug-likeness (QED) is 0.675. The summed E-state index contributed by atoms with van der Waals surface area (Å²) in [6.07, 6.45) is 1.87. The van der Waals surface area contributed by atoms with E-state index in [1.807, 2.05) is 41.3 Å². The number of carbonyl (C=O) groups excluding carboxylic acids is 1. The standard InChI is InChI=1S/C21H30N4O/c1-5-14-25(15-6-2)21(26)18-16-19(24(7-3)8-4)23-20(22-18)17-12-10-9-11-13-17/h9-13,16H,5-8,14-15H2,1-4H3. The van der Waals surface area contributed by atoms with Crippen LogP contribution in [0.4, 0.5) is 5.82 Å². The third kappa shape index (κ3) is 4.81. The molecule has 0 fully saturated rings. The maximum Gasteiger partial charge on any atom is 0.272 e. The van der Waals surface area contributed by atoms with Crippen LogP contribution in [0.2, 0.25) is 0 Å². The largest absolute Gasteiger partial charge is 0.357 e. The van der Waals surface area contributed by atoms with Crippen LogP contribution in [-0.4, -0.2) is 47.0 Å². The topological polar surface area (TPSA) is 49.3 Å². The van der Waals surface area contributed by atoms with Crippen LogP contribution in [0, 0.1) is 0 Å². The van der Waals surface area contributed by atoms with E-state index in [-0.39, 0.29) is 5.91 Å². The molecule has 5 nitrogen and oxygen atoms in total. The van der Waals surface area contributed by atoms with Gasteiger partial charge in [-0.15, -0.1) is 0 Å². The molecule has 0 spiro atoms. The second-order valence-corrected chi connectivity index (χ2v) is 6.27. The number of carbonyl (C=O) groups is 1. The lowest BCUT2D eigenvalue weighted by Gasteiger charge is -2.24. The Morgan fingerprint density at radius 2 is 1.54 bits per heavy atom. The Morgan fingerprint density at radius 1 is 0.923 bits per heavy atom. The third-order valence-electron chi connectivity index (χ3n) is 4.33. The van der Waals surface area contributed by atoms with E-state index in [4.69, 9.17) is 4.98 Å². The number of rotatable bonds is 9. The second-order valence-electron chi connectivity index (χ2n) is 6.27. The average molecular weight is 354 g/mol. The van der Waals surface area contributed by atoms with Crippen molar-refractivity contribution in [3.8, 4) is 11.4 Å². The number of hydrogen-bond donors (Lipinski definition) is 0. The van der Waals surface area contributed by atoms with Crippen molar-refractivity contribution in [1.82, 2.24) is 14.9 Å². The van der Waals surface area contributed by atoms with Crippen molar-refractivity contribution in [2.45, 2.75) is 40.5 Å². The first-order chi connectivity index (χ1) is 12.6. The first-order valence-corrected chi connectivity index (χ1v) is 9.63. The summed E-state index contributed by atoms with van der Waals surface area (Å²) < 4.78 is 0. The summed E-state index contributed by atoms with van der Waals surface area (Å²) in [4.78, 5) is 26.5. The Labute approximate surface area is 157 Å². The number of hydrogen-bond acceptors (Lipinski definition) is 4. The van der Waals surface area contributed by atoms with Gasteiger partial charge in [0.15, 0.2) is 5.82 Å². The molecule has 2 aromatic rings. The summed E-state index contributed by atoms with van der Waals surface area (Å²) in [5, 5.41) is 0. The van der Waals surface area contributed by atoms with Gasteiger partial charge in [-0.3, -0.25) is 4.79 Å². The van der Waals surface area contributed by atoms with Crippen molar-refractivity contribution in [2.24, 2.45) is 0 Å². The van der Waals surface area contributed by atoms with Gasteiger partial charge >= 0.3 is 0 Å². The minimum absolute atomic E-state index is 0.0123. The summed E-state index contributed by atoms with van der Waals surface area (Å²) >= 11 is 0. The smallest absolute Gasteiger partial charge is 0.272 e. The number of nitrogens with zero attached hydrogens (tertiary/aromatic N) is 4. The molecule has 2 rings (SSSR count). The van der Waals surface area contributed by atoms with Gasteiger partial charge in [-0.05, 0) is 26.7 Å². The molecule has 0 radical (unpaired) electrons. The van der Waals surface area contributed by atoms with Gasteiger partial charge < -0.3 is 9.80 Å². The summed E-state index contributed by atoms with van der Waals surface area (Å²) in [5.41, 5.74) is 1.40. The van der Waals surface area contributed by atoms with Gasteiger partial charge in [0.05, 0.1) is 0 Å². The van der Waals surface area contributed by atoms with Crippen LogP contribution >= 0.6 is 0 Å². The Kier molecular flexibility index (Phi) is 7.57. The Morgan fingerprint density at radius 3 is 2.08 bits per heavy atom. The number of anilines is 1. The second kappa shape index (κ2) is 9.90. The molecule has 0 aliphatic heterocycles. The Bertz CT molecular complexity index is 692. The van der Waals surface area contributed by atoms with Crippen LogP contribution in [0.25, 0.3) is 11.4 Å². The predicted molar refractivity (Wildman–Crippen MR) is 108 cm³/mol. The minimum atomic E-state index is -0.0123. The summed E-state index contributed by atoms with van der Waals surface area (Å²) in [6.45, 7) is 11.5. The number of benzene rings is 1. The van der Waals surface area contributed by atoms with Crippen LogP contribution < -0.4 is 4.90 Å². The predicted octanol–water partition coefficient (Wildman–Crippen LogP) is 4.25. The molecule has 1 aromatic carbocycles. The Balaban J connectivity index is 2.50. The molecule has 26 heavy (non-hydrogen) atoms. The monoisotopic (exact) mass is 354 g/mol. The highest BCUT2D eigenvalue weighted by Crippen LogP contribution is 2.21. The molecule has 0 aliphatic rings. The van der Waals surface area contributed by atoms with Crippen molar-refractivity contribution in [2.75, 3.05) is 31.1 Å². The van der Waals surface area contributed by atoms with Gasteiger partial charge in [-0.2, -0.15) is 0 Å². The van der Waals surface area contributed by atoms with Gasteiger partial charge in [0.25, 0.3) is 5.91 Å². The zero-order valence-corrected chi connectivity index (χ0v) is 16.4. The summed E-state index contributed by atoms with van der Waals surface area (Å²) in [5.74, 6) is 1.40. The van der Waals surface area contributed by atoms with Gasteiger partial charge in [0.2, 0.25) is 0 Å². The lowest BCUT2D eigenvalue weighted by atomic mass is 10.2. The van der Waals surface area contributed by atoms with Crippen LogP contribution in [0.5, 0.6) is 0 Å². The molecule has 0 bridgehead atoms. The molecule has 0 saturated carbocycles. The highest BCUT2D eigenvalue weighted by Gasteiger charge is 2.19. The van der Waals surface area contributed by atoms with Gasteiger partial charge in [0.1, 0.15) is 11.5 Å². The van der Waals surface area contributed by atoms with E-state index in [9.17, 15) is 4.79 Å². The van der Waals surface area contributed by atoms with Gasteiger partial charge in [-0.25, -0.2) is 9.97 Å². The molecule has 5 heteroatoms. The SMILES string of the molecule is CCCN(CCC)C(=O)c1cc(N(CC)CC)nc(-c2ccccc2)n1. The molecule has 0 N–H and O–H groups in total. The van der Waals surface area contributed by atoms with Crippen molar-refractivity contribution in [1.29, 1.82) is 0 Å². The van der Waals surface area contributed by atoms with E-state index in [2.05, 4.69) is 37.6 Å². The van der Waals surface area contributed by atoms with Crippen LogP contribution in [0.1, 0.15) is 51.0 Å². The molecular formula is C21H30N4O. The highest BCUT2D eigenvalue weighted by molar-refractivity contribution is 5.93. The fraction of sp³-hybridized carbons (Fsp3) is 0.476. The van der Waals surface area contributed by atoms with E-state index in [0.29, 0.717) is 11.5 Å². The molecule has 1 heterocycles. The minimum Gasteiger partial charge on any atom is -0.357 e. The zero-order valence-electron chi connectivity index (χ0n) is 16.4. The summed E-state index contributed by atoms with van der Waals surface area (Å²) in [7, 11) is 0. The van der Waals surface area contributed by atoms with Gasteiger partial charge in [-0.1, -0.05) is 44.2 Å². The van der Waals surface area contributed by atoms with Crippen molar-refractivity contribution in [3.05, 3.63) is 42.1 Å². The van der Waals surface area contributed by atoms with Crippen LogP contribution in [0.15, 0.2) is 36.4 Å². The molecule has 1 aromatic heterocycles.